The first-order valence-electron chi connectivity index (χ1n) is 10.1. The molecule has 0 aliphatic carbocycles. The number of carbonyl (C=O) groups is 1. The van der Waals surface area contributed by atoms with Crippen molar-refractivity contribution in [1.82, 2.24) is 0 Å². The van der Waals surface area contributed by atoms with Gasteiger partial charge in [0.15, 0.2) is 17.3 Å². The molecule has 4 aliphatic heterocycles. The van der Waals surface area contributed by atoms with Crippen LogP contribution in [0, 0.1) is 0 Å². The molecule has 4 aliphatic rings. The van der Waals surface area contributed by atoms with Crippen molar-refractivity contribution in [3.05, 3.63) is 12.2 Å². The zero-order valence-corrected chi connectivity index (χ0v) is 18.0. The quantitative estimate of drug-likeness (QED) is 0.489. The highest BCUT2D eigenvalue weighted by molar-refractivity contribution is 6.37. The van der Waals surface area contributed by atoms with Crippen molar-refractivity contribution in [3.8, 4) is 0 Å². The smallest absolute Gasteiger partial charge is 0.356 e. The zero-order chi connectivity index (χ0) is 21.7. The van der Waals surface area contributed by atoms with Gasteiger partial charge in [-0.25, -0.2) is 4.79 Å². The Kier molecular flexibility index (Phi) is 5.44. The number of rotatable bonds is 4. The van der Waals surface area contributed by atoms with Crippen molar-refractivity contribution < 1.29 is 42.8 Å². The molecule has 4 heterocycles. The molecular formula is C20H29NO9. The lowest BCUT2D eigenvalue weighted by atomic mass is 9.96. The van der Waals surface area contributed by atoms with Gasteiger partial charge in [-0.05, 0) is 40.2 Å². The van der Waals surface area contributed by atoms with E-state index in [9.17, 15) is 4.79 Å². The van der Waals surface area contributed by atoms with Crippen LogP contribution in [-0.4, -0.2) is 73.5 Å². The van der Waals surface area contributed by atoms with Gasteiger partial charge in [0.1, 0.15) is 24.9 Å². The van der Waals surface area contributed by atoms with Crippen LogP contribution in [-0.2, 0) is 42.8 Å². The lowest BCUT2D eigenvalue weighted by Gasteiger charge is -2.44. The predicted molar refractivity (Wildman–Crippen MR) is 101 cm³/mol. The monoisotopic (exact) mass is 427 g/mol. The molecule has 10 nitrogen and oxygen atoms in total. The van der Waals surface area contributed by atoms with Crippen LogP contribution in [0.15, 0.2) is 17.3 Å². The topological polar surface area (TPSA) is 103 Å². The average molecular weight is 427 g/mol. The Labute approximate surface area is 175 Å². The fourth-order valence-corrected chi connectivity index (χ4v) is 4.04. The molecule has 3 fully saturated rings. The van der Waals surface area contributed by atoms with Crippen LogP contribution in [0.1, 0.15) is 41.0 Å². The van der Waals surface area contributed by atoms with E-state index in [0.29, 0.717) is 5.57 Å². The summed E-state index contributed by atoms with van der Waals surface area (Å²) >= 11 is 0. The highest BCUT2D eigenvalue weighted by atomic mass is 16.9. The lowest BCUT2D eigenvalue weighted by molar-refractivity contribution is -0.352. The highest BCUT2D eigenvalue weighted by Gasteiger charge is 2.64. The molecule has 5 atom stereocenters. The molecule has 0 unspecified atom stereocenters. The number of esters is 1. The molecular weight excluding hydrogens is 398 g/mol. The SMILES string of the molecule is C=C1CC(C(=O)OCC)=NO[C@H]1O[C@H]1[C@@H]2OC(C)(C)O[C@@H]2CO[C@]12COC(C)(C)O2. The number of hydrogen-bond acceptors (Lipinski definition) is 10. The third-order valence-electron chi connectivity index (χ3n) is 5.25. The van der Waals surface area contributed by atoms with Crippen LogP contribution in [0.2, 0.25) is 0 Å². The second kappa shape index (κ2) is 7.54. The molecule has 3 saturated heterocycles. The maximum absolute atomic E-state index is 11.9. The standard InChI is InChI=1S/C20H29NO9/c1-7-23-16(22)12-8-11(2)17(29-21-12)26-15-14-13(27-19(5,6)28-14)9-24-20(15)10-25-18(3,4)30-20/h13-15,17H,2,7-10H2,1,3-6H3/t13-,14-,15+,17-,20+/m1/s1. The van der Waals surface area contributed by atoms with Gasteiger partial charge in [0.05, 0.1) is 13.2 Å². The van der Waals surface area contributed by atoms with E-state index in [1.54, 1.807) is 20.8 Å². The van der Waals surface area contributed by atoms with Gasteiger partial charge in [0.25, 0.3) is 0 Å². The van der Waals surface area contributed by atoms with Gasteiger partial charge in [-0.3, -0.25) is 0 Å². The van der Waals surface area contributed by atoms with Gasteiger partial charge in [0.2, 0.25) is 12.1 Å². The van der Waals surface area contributed by atoms with Gasteiger partial charge < -0.3 is 38.0 Å². The summed E-state index contributed by atoms with van der Waals surface area (Å²) in [7, 11) is 0. The molecule has 0 radical (unpaired) electrons. The van der Waals surface area contributed by atoms with E-state index in [0.717, 1.165) is 0 Å². The number of fused-ring (bicyclic) bond motifs is 1. The molecule has 4 rings (SSSR count). The van der Waals surface area contributed by atoms with E-state index in [-0.39, 0.29) is 38.1 Å². The molecule has 0 bridgehead atoms. The number of hydrogen-bond donors (Lipinski definition) is 0. The summed E-state index contributed by atoms with van der Waals surface area (Å²) in [6.45, 7) is 13.6. The minimum absolute atomic E-state index is 0.136. The Morgan fingerprint density at radius 2 is 1.97 bits per heavy atom. The molecule has 10 heteroatoms. The molecule has 0 saturated carbocycles. The van der Waals surface area contributed by atoms with Gasteiger partial charge in [0, 0.05) is 6.42 Å². The van der Waals surface area contributed by atoms with Crippen molar-refractivity contribution in [2.45, 2.75) is 83.0 Å². The number of carbonyl (C=O) groups excluding carboxylic acids is 1. The van der Waals surface area contributed by atoms with Gasteiger partial charge in [-0.1, -0.05) is 11.7 Å². The largest absolute Gasteiger partial charge is 0.461 e. The first-order valence-corrected chi connectivity index (χ1v) is 10.1. The summed E-state index contributed by atoms with van der Waals surface area (Å²) in [4.78, 5) is 17.4. The first kappa shape index (κ1) is 21.7. The van der Waals surface area contributed by atoms with E-state index in [1.165, 1.54) is 0 Å². The lowest BCUT2D eigenvalue weighted by Crippen LogP contribution is -2.63. The fourth-order valence-electron chi connectivity index (χ4n) is 4.04. The minimum atomic E-state index is -1.21. The van der Waals surface area contributed by atoms with Crippen molar-refractivity contribution in [1.29, 1.82) is 0 Å². The van der Waals surface area contributed by atoms with E-state index in [2.05, 4.69) is 11.7 Å². The zero-order valence-electron chi connectivity index (χ0n) is 18.0. The van der Waals surface area contributed by atoms with Crippen LogP contribution >= 0.6 is 0 Å². The average Bonchev–Trinajstić information content (AvgIpc) is 3.14. The van der Waals surface area contributed by atoms with Gasteiger partial charge in [-0.2, -0.15) is 0 Å². The van der Waals surface area contributed by atoms with E-state index in [4.69, 9.17) is 38.0 Å². The maximum Gasteiger partial charge on any atom is 0.356 e. The maximum atomic E-state index is 11.9. The number of nitrogens with zero attached hydrogens (tertiary/aromatic N) is 1. The molecule has 168 valence electrons. The molecule has 1 spiro atoms. The fraction of sp³-hybridized carbons (Fsp3) is 0.800. The second-order valence-electron chi connectivity index (χ2n) is 8.64. The van der Waals surface area contributed by atoms with Crippen molar-refractivity contribution in [2.75, 3.05) is 19.8 Å². The normalized spacial score (nSPS) is 39.4. The Bertz CT molecular complexity index is 747. The number of oxime groups is 1. The molecule has 0 aromatic rings. The van der Waals surface area contributed by atoms with Crippen molar-refractivity contribution in [3.63, 3.8) is 0 Å². The van der Waals surface area contributed by atoms with Crippen molar-refractivity contribution >= 4 is 11.7 Å². The van der Waals surface area contributed by atoms with Crippen molar-refractivity contribution in [2.24, 2.45) is 5.16 Å². The van der Waals surface area contributed by atoms with Gasteiger partial charge >= 0.3 is 5.97 Å². The Balaban J connectivity index is 1.56. The summed E-state index contributed by atoms with van der Waals surface area (Å²) < 4.78 is 41.3. The Hall–Kier alpha value is -1.56. The molecule has 0 aromatic carbocycles. The van der Waals surface area contributed by atoms with E-state index >= 15 is 0 Å². The third-order valence-corrected chi connectivity index (χ3v) is 5.25. The first-order chi connectivity index (χ1) is 14.0. The summed E-state index contributed by atoms with van der Waals surface area (Å²) in [5.41, 5.74) is 0.652. The van der Waals surface area contributed by atoms with Crippen LogP contribution in [0.25, 0.3) is 0 Å². The Morgan fingerprint density at radius 1 is 1.20 bits per heavy atom. The Morgan fingerprint density at radius 3 is 2.60 bits per heavy atom. The van der Waals surface area contributed by atoms with Crippen LogP contribution in [0.5, 0.6) is 0 Å². The molecule has 30 heavy (non-hydrogen) atoms. The predicted octanol–water partition coefficient (Wildman–Crippen LogP) is 1.62. The number of ether oxygens (including phenoxy) is 7. The van der Waals surface area contributed by atoms with E-state index < -0.39 is 41.8 Å². The van der Waals surface area contributed by atoms with E-state index in [1.807, 2.05) is 13.8 Å². The highest BCUT2D eigenvalue weighted by Crippen LogP contribution is 2.46. The summed E-state index contributed by atoms with van der Waals surface area (Å²) in [5, 5.41) is 3.87. The molecule has 0 aromatic heterocycles. The summed E-state index contributed by atoms with van der Waals surface area (Å²) in [5.74, 6) is -3.41. The van der Waals surface area contributed by atoms with Crippen LogP contribution in [0.3, 0.4) is 0 Å². The van der Waals surface area contributed by atoms with Gasteiger partial charge in [-0.15, -0.1) is 0 Å². The molecule has 0 N–H and O–H groups in total. The molecule has 0 amide bonds. The summed E-state index contributed by atoms with van der Waals surface area (Å²) in [6.07, 6.45) is -2.34. The third kappa shape index (κ3) is 4.00. The van der Waals surface area contributed by atoms with Crippen LogP contribution < -0.4 is 0 Å². The second-order valence-corrected chi connectivity index (χ2v) is 8.64. The summed E-state index contributed by atoms with van der Waals surface area (Å²) in [6, 6.07) is 0. The minimum Gasteiger partial charge on any atom is -0.461 e. The van der Waals surface area contributed by atoms with Crippen LogP contribution in [0.4, 0.5) is 0 Å².